The Bertz CT molecular complexity index is 1680. The van der Waals surface area contributed by atoms with Gasteiger partial charge in [0, 0.05) is 25.3 Å². The third-order valence-electron chi connectivity index (χ3n) is 8.52. The number of imidazole rings is 1. The quantitative estimate of drug-likeness (QED) is 0.106. The van der Waals surface area contributed by atoms with Gasteiger partial charge in [-0.15, -0.1) is 0 Å². The van der Waals surface area contributed by atoms with Crippen LogP contribution in [0.1, 0.15) is 24.4 Å². The molecule has 1 unspecified atom stereocenters. The lowest BCUT2D eigenvalue weighted by molar-refractivity contribution is -0.125. The van der Waals surface area contributed by atoms with E-state index in [4.69, 9.17) is 9.97 Å². The summed E-state index contributed by atoms with van der Waals surface area (Å²) in [5, 5.41) is 52.8. The second-order valence-corrected chi connectivity index (χ2v) is 11.8. The Hall–Kier alpha value is -4.90. The molecule has 2 aliphatic rings. The molecule has 16 nitrogen and oxygen atoms in total. The second-order valence-electron chi connectivity index (χ2n) is 11.8. The van der Waals surface area contributed by atoms with Crippen molar-refractivity contribution in [1.82, 2.24) is 35.1 Å². The second kappa shape index (κ2) is 14.3. The van der Waals surface area contributed by atoms with Crippen LogP contribution >= 0.6 is 0 Å². The first-order valence-corrected chi connectivity index (χ1v) is 15.5. The van der Waals surface area contributed by atoms with E-state index in [1.54, 1.807) is 29.1 Å². The highest BCUT2D eigenvalue weighted by atomic mass is 16.3. The predicted molar refractivity (Wildman–Crippen MR) is 172 cm³/mol. The molecule has 248 valence electrons. The maximum Gasteiger partial charge on any atom is 0.319 e. The van der Waals surface area contributed by atoms with Gasteiger partial charge < -0.3 is 51.2 Å². The zero-order valence-electron chi connectivity index (χ0n) is 25.5. The monoisotopic (exact) mass is 646 g/mol. The summed E-state index contributed by atoms with van der Waals surface area (Å²) in [6, 6.07) is 10.8. The molecule has 6 atom stereocenters. The molecule has 1 saturated heterocycles. The van der Waals surface area contributed by atoms with Gasteiger partial charge in [0.15, 0.2) is 17.0 Å². The number of fused-ring (bicyclic) bond motifs is 1. The number of urea groups is 1. The Kier molecular flexibility index (Phi) is 9.72. The van der Waals surface area contributed by atoms with Gasteiger partial charge in [-0.2, -0.15) is 9.97 Å². The van der Waals surface area contributed by atoms with Gasteiger partial charge in [-0.05, 0) is 37.0 Å². The van der Waals surface area contributed by atoms with Crippen LogP contribution in [0.25, 0.3) is 11.2 Å². The molecular formula is C31H38N10O6. The average molecular weight is 647 g/mol. The molecule has 3 aromatic heterocycles. The van der Waals surface area contributed by atoms with Crippen molar-refractivity contribution >= 4 is 40.6 Å². The number of aliphatic hydroxyl groups is 4. The lowest BCUT2D eigenvalue weighted by atomic mass is 10.1. The number of amides is 3. The molecule has 6 rings (SSSR count). The van der Waals surface area contributed by atoms with E-state index in [-0.39, 0.29) is 25.1 Å². The number of pyridine rings is 1. The minimum absolute atomic E-state index is 0.163. The zero-order valence-corrected chi connectivity index (χ0v) is 25.5. The van der Waals surface area contributed by atoms with E-state index in [2.05, 4.69) is 31.2 Å². The van der Waals surface area contributed by atoms with Crippen LogP contribution in [0.2, 0.25) is 0 Å². The molecule has 8 N–H and O–H groups in total. The molecule has 0 bridgehead atoms. The van der Waals surface area contributed by atoms with Gasteiger partial charge >= 0.3 is 6.03 Å². The summed E-state index contributed by atoms with van der Waals surface area (Å²) >= 11 is 0. The van der Waals surface area contributed by atoms with Crippen molar-refractivity contribution < 1.29 is 30.0 Å². The van der Waals surface area contributed by atoms with E-state index in [0.717, 1.165) is 5.56 Å². The predicted octanol–water partition coefficient (Wildman–Crippen LogP) is -0.219. The van der Waals surface area contributed by atoms with Crippen LogP contribution in [-0.4, -0.2) is 114 Å². The molecule has 1 aromatic carbocycles. The maximum atomic E-state index is 12.6. The van der Waals surface area contributed by atoms with Gasteiger partial charge in [-0.3, -0.25) is 9.78 Å². The van der Waals surface area contributed by atoms with E-state index in [1.165, 1.54) is 6.33 Å². The summed E-state index contributed by atoms with van der Waals surface area (Å²) in [7, 11) is 0. The number of aliphatic hydroxyl groups excluding tert-OH is 4. The minimum atomic E-state index is -1.28. The number of benzene rings is 1. The number of hydrogen-bond acceptors (Lipinski definition) is 12. The summed E-state index contributed by atoms with van der Waals surface area (Å²) in [5.41, 5.74) is 2.37. The maximum absolute atomic E-state index is 12.6. The van der Waals surface area contributed by atoms with Crippen molar-refractivity contribution in [2.75, 3.05) is 41.8 Å². The molecule has 47 heavy (non-hydrogen) atoms. The standard InChI is InChI=1S/C31H38N10O6/c42-15-21(11-18-5-2-1-3-6-18)34-28-25-29(41(17-33-25)23-12-22(26(45)27(23)46)37-24(44)16-43)39-30(38-28)40-10-8-20(14-40)36-31(47)35-19-7-4-9-32-13-19/h1-7,9,13,17,20-23,26-27,42-43,45-46H,8,10-12,14-16H2,(H,37,44)(H,34,38,39)(H2,35,36,47)/t20-,21+,22?,23-,26-,27+/m1/s1. The minimum Gasteiger partial charge on any atom is -0.394 e. The first-order valence-electron chi connectivity index (χ1n) is 15.5. The van der Waals surface area contributed by atoms with Crippen molar-refractivity contribution in [2.45, 2.75) is 55.6 Å². The number of anilines is 3. The highest BCUT2D eigenvalue weighted by molar-refractivity contribution is 5.89. The van der Waals surface area contributed by atoms with Crippen molar-refractivity contribution in [3.05, 3.63) is 66.7 Å². The van der Waals surface area contributed by atoms with Gasteiger partial charge in [-0.1, -0.05) is 30.3 Å². The van der Waals surface area contributed by atoms with Crippen molar-refractivity contribution in [1.29, 1.82) is 0 Å². The smallest absolute Gasteiger partial charge is 0.319 e. The number of carbonyl (C=O) groups is 2. The van der Waals surface area contributed by atoms with Crippen LogP contribution in [0, 0.1) is 0 Å². The molecule has 1 saturated carbocycles. The zero-order chi connectivity index (χ0) is 32.9. The summed E-state index contributed by atoms with van der Waals surface area (Å²) < 4.78 is 1.66. The first-order chi connectivity index (χ1) is 22.8. The molecule has 0 radical (unpaired) electrons. The van der Waals surface area contributed by atoms with Crippen LogP contribution in [0.15, 0.2) is 61.2 Å². The normalized spacial score (nSPS) is 23.1. The molecule has 3 amide bonds. The van der Waals surface area contributed by atoms with Gasteiger partial charge in [0.05, 0.1) is 42.9 Å². The first kappa shape index (κ1) is 32.1. The molecule has 2 fully saturated rings. The third kappa shape index (κ3) is 7.25. The number of aromatic nitrogens is 5. The fourth-order valence-corrected chi connectivity index (χ4v) is 6.17. The number of carbonyl (C=O) groups excluding carboxylic acids is 2. The SMILES string of the molecule is O=C(CO)NC1C[C@@H](n2cnc3c(N[C@H](CO)Cc4ccccc4)nc(N4CC[C@@H](NC(=O)Nc5cccnc5)C4)nc32)[C@H](O)[C@@H]1O. The Morgan fingerprint density at radius 2 is 1.85 bits per heavy atom. The van der Waals surface area contributed by atoms with E-state index in [9.17, 15) is 30.0 Å². The van der Waals surface area contributed by atoms with E-state index in [1.807, 2.05) is 35.2 Å². The third-order valence-corrected chi connectivity index (χ3v) is 8.52. The number of rotatable bonds is 11. The fourth-order valence-electron chi connectivity index (χ4n) is 6.17. The lowest BCUT2D eigenvalue weighted by Gasteiger charge is -2.22. The van der Waals surface area contributed by atoms with Crippen LogP contribution in [-0.2, 0) is 11.2 Å². The highest BCUT2D eigenvalue weighted by Gasteiger charge is 2.44. The largest absolute Gasteiger partial charge is 0.394 e. The van der Waals surface area contributed by atoms with Gasteiger partial charge in [0.25, 0.3) is 0 Å². The van der Waals surface area contributed by atoms with Crippen LogP contribution in [0.5, 0.6) is 0 Å². The Morgan fingerprint density at radius 1 is 1.02 bits per heavy atom. The van der Waals surface area contributed by atoms with E-state index in [0.29, 0.717) is 54.5 Å². The molecule has 1 aliphatic heterocycles. The Labute approximate surface area is 269 Å². The van der Waals surface area contributed by atoms with Crippen LogP contribution in [0.4, 0.5) is 22.2 Å². The van der Waals surface area contributed by atoms with Gasteiger partial charge in [0.1, 0.15) is 18.8 Å². The summed E-state index contributed by atoms with van der Waals surface area (Å²) in [6.45, 7) is 0.0464. The van der Waals surface area contributed by atoms with E-state index < -0.39 is 42.8 Å². The molecule has 0 spiro atoms. The number of nitrogens with zero attached hydrogens (tertiary/aromatic N) is 6. The Balaban J connectivity index is 1.27. The van der Waals surface area contributed by atoms with Crippen molar-refractivity contribution in [2.24, 2.45) is 0 Å². The molecule has 4 aromatic rings. The lowest BCUT2D eigenvalue weighted by Crippen LogP contribution is -2.44. The molecule has 1 aliphatic carbocycles. The summed E-state index contributed by atoms with van der Waals surface area (Å²) in [4.78, 5) is 44.7. The summed E-state index contributed by atoms with van der Waals surface area (Å²) in [6.07, 6.45) is 3.47. The average Bonchev–Trinajstić information content (AvgIpc) is 3.80. The number of nitrogens with one attached hydrogen (secondary N) is 4. The summed E-state index contributed by atoms with van der Waals surface area (Å²) in [5.74, 6) is 0.0733. The molecule has 16 heteroatoms. The molecule has 4 heterocycles. The molecular weight excluding hydrogens is 608 g/mol. The topological polar surface area (TPSA) is 223 Å². The van der Waals surface area contributed by atoms with E-state index >= 15 is 0 Å². The van der Waals surface area contributed by atoms with Crippen molar-refractivity contribution in [3.8, 4) is 0 Å². The Morgan fingerprint density at radius 3 is 2.60 bits per heavy atom. The van der Waals surface area contributed by atoms with Crippen LogP contribution in [0.3, 0.4) is 0 Å². The number of hydrogen-bond donors (Lipinski definition) is 8. The van der Waals surface area contributed by atoms with Gasteiger partial charge in [0.2, 0.25) is 11.9 Å². The fraction of sp³-hybridized carbons (Fsp3) is 0.419. The van der Waals surface area contributed by atoms with Crippen LogP contribution < -0.4 is 26.2 Å². The van der Waals surface area contributed by atoms with Crippen molar-refractivity contribution in [3.63, 3.8) is 0 Å². The highest BCUT2D eigenvalue weighted by Crippen LogP contribution is 2.35. The van der Waals surface area contributed by atoms with Gasteiger partial charge in [-0.25, -0.2) is 9.78 Å².